The number of hydrogen-bond donors (Lipinski definition) is 3. The molecule has 1 unspecified atom stereocenters. The lowest BCUT2D eigenvalue weighted by Crippen LogP contribution is -2.35. The number of benzene rings is 3. The van der Waals surface area contributed by atoms with Crippen LogP contribution in [-0.4, -0.2) is 49.7 Å². The Hall–Kier alpha value is -4.34. The van der Waals surface area contributed by atoms with Crippen molar-refractivity contribution in [3.8, 4) is 5.75 Å². The van der Waals surface area contributed by atoms with Crippen LogP contribution in [0.2, 0.25) is 0 Å². The highest BCUT2D eigenvalue weighted by atomic mass is 16.7. The summed E-state index contributed by atoms with van der Waals surface area (Å²) < 4.78 is 11.6. The molecule has 0 radical (unpaired) electrons. The number of furan rings is 1. The van der Waals surface area contributed by atoms with E-state index in [1.807, 2.05) is 24.3 Å². The molecule has 0 bridgehead atoms. The van der Waals surface area contributed by atoms with Gasteiger partial charge in [-0.1, -0.05) is 30.3 Å². The predicted octanol–water partition coefficient (Wildman–Crippen LogP) is 4.72. The normalized spacial score (nSPS) is 14.8. The molecule has 2 heterocycles. The minimum absolute atomic E-state index is 0.197. The Bertz CT molecular complexity index is 1380. The molecule has 5 rings (SSSR count). The Kier molecular flexibility index (Phi) is 8.40. The molecule has 1 aliphatic rings. The van der Waals surface area contributed by atoms with E-state index in [0.717, 1.165) is 31.3 Å². The number of anilines is 2. The molecule has 39 heavy (non-hydrogen) atoms. The minimum Gasteiger partial charge on any atom is -0.492 e. The Balaban J connectivity index is 1.18. The molecule has 2 amide bonds. The Morgan fingerprint density at radius 3 is 2.59 bits per heavy atom. The average molecular weight is 529 g/mol. The van der Waals surface area contributed by atoms with E-state index >= 15 is 0 Å². The molecule has 1 atom stereocenters. The SMILES string of the molecule is Nc1ccccc1NC(=O)c1ccc(OCCN(OCCC2CCNC2)C(=O)c2cc3ccccc3o2)cc1. The fourth-order valence-electron chi connectivity index (χ4n) is 4.48. The van der Waals surface area contributed by atoms with Gasteiger partial charge in [0.15, 0.2) is 5.76 Å². The van der Waals surface area contributed by atoms with Gasteiger partial charge < -0.3 is 25.5 Å². The number of rotatable bonds is 11. The molecular formula is C30H32N4O5. The van der Waals surface area contributed by atoms with Gasteiger partial charge in [0.25, 0.3) is 5.91 Å². The summed E-state index contributed by atoms with van der Waals surface area (Å²) >= 11 is 0. The van der Waals surface area contributed by atoms with E-state index in [9.17, 15) is 9.59 Å². The standard InChI is InChI=1S/C30H32N4O5/c31-25-6-2-3-7-26(25)33-29(35)22-9-11-24(12-10-22)37-18-16-34(38-17-14-21-13-15-32-20-21)30(36)28-19-23-5-1-4-8-27(23)39-28/h1-12,19,21,32H,13-18,20,31H2,(H,33,35). The van der Waals surface area contributed by atoms with Crippen LogP contribution in [-0.2, 0) is 4.84 Å². The highest BCUT2D eigenvalue weighted by Crippen LogP contribution is 2.22. The predicted molar refractivity (Wildman–Crippen MR) is 150 cm³/mol. The third-order valence-corrected chi connectivity index (χ3v) is 6.69. The van der Waals surface area contributed by atoms with Crippen molar-refractivity contribution in [2.75, 3.05) is 43.9 Å². The maximum absolute atomic E-state index is 13.3. The molecular weight excluding hydrogens is 496 g/mol. The molecule has 0 saturated carbocycles. The molecule has 4 aromatic rings. The number of ether oxygens (including phenoxy) is 1. The quantitative estimate of drug-likeness (QED) is 0.190. The van der Waals surface area contributed by atoms with E-state index < -0.39 is 0 Å². The molecule has 0 aliphatic carbocycles. The largest absolute Gasteiger partial charge is 0.492 e. The third-order valence-electron chi connectivity index (χ3n) is 6.69. The van der Waals surface area contributed by atoms with E-state index in [1.54, 1.807) is 54.6 Å². The number of carbonyl (C=O) groups excluding carboxylic acids is 2. The maximum Gasteiger partial charge on any atom is 0.313 e. The van der Waals surface area contributed by atoms with Crippen molar-refractivity contribution in [1.29, 1.82) is 0 Å². The molecule has 0 spiro atoms. The van der Waals surface area contributed by atoms with E-state index in [4.69, 9.17) is 19.7 Å². The fraction of sp³-hybridized carbons (Fsp3) is 0.267. The lowest BCUT2D eigenvalue weighted by atomic mass is 10.1. The van der Waals surface area contributed by atoms with Crippen molar-refractivity contribution < 1.29 is 23.6 Å². The zero-order valence-corrected chi connectivity index (χ0v) is 21.6. The number of nitrogens with one attached hydrogen (secondary N) is 2. The lowest BCUT2D eigenvalue weighted by molar-refractivity contribution is -0.131. The second-order valence-electron chi connectivity index (χ2n) is 9.45. The van der Waals surface area contributed by atoms with Gasteiger partial charge >= 0.3 is 5.91 Å². The summed E-state index contributed by atoms with van der Waals surface area (Å²) in [6.07, 6.45) is 1.96. The minimum atomic E-state index is -0.355. The first-order chi connectivity index (χ1) is 19.1. The highest BCUT2D eigenvalue weighted by Gasteiger charge is 2.22. The van der Waals surface area contributed by atoms with Crippen molar-refractivity contribution >= 4 is 34.2 Å². The zero-order valence-electron chi connectivity index (χ0n) is 21.6. The number of nitrogens with two attached hydrogens (primary N) is 1. The number of para-hydroxylation sites is 3. The van der Waals surface area contributed by atoms with E-state index in [1.165, 1.54) is 5.06 Å². The summed E-state index contributed by atoms with van der Waals surface area (Å²) in [4.78, 5) is 31.8. The molecule has 202 valence electrons. The number of amides is 2. The highest BCUT2D eigenvalue weighted by molar-refractivity contribution is 6.05. The first kappa shape index (κ1) is 26.3. The summed E-state index contributed by atoms with van der Waals surface area (Å²) in [6.45, 7) is 2.81. The van der Waals surface area contributed by atoms with Crippen molar-refractivity contribution in [2.24, 2.45) is 5.92 Å². The lowest BCUT2D eigenvalue weighted by Gasteiger charge is -2.22. The Labute approximate surface area is 226 Å². The molecule has 1 saturated heterocycles. The van der Waals surface area contributed by atoms with Crippen LogP contribution in [0.1, 0.15) is 33.8 Å². The van der Waals surface area contributed by atoms with Crippen LogP contribution < -0.4 is 21.1 Å². The third kappa shape index (κ3) is 6.76. The van der Waals surface area contributed by atoms with E-state index in [2.05, 4.69) is 10.6 Å². The number of hydrogen-bond acceptors (Lipinski definition) is 7. The van der Waals surface area contributed by atoms with Gasteiger partial charge in [-0.25, -0.2) is 5.06 Å². The first-order valence-electron chi connectivity index (χ1n) is 13.1. The first-order valence-corrected chi connectivity index (χ1v) is 13.1. The Morgan fingerprint density at radius 2 is 1.82 bits per heavy atom. The van der Waals surface area contributed by atoms with Gasteiger partial charge in [-0.05, 0) is 80.4 Å². The van der Waals surface area contributed by atoms with Crippen LogP contribution in [0.3, 0.4) is 0 Å². The van der Waals surface area contributed by atoms with Gasteiger partial charge in [0.1, 0.15) is 17.9 Å². The number of nitrogen functional groups attached to an aromatic ring is 1. The van der Waals surface area contributed by atoms with E-state index in [-0.39, 0.29) is 30.7 Å². The van der Waals surface area contributed by atoms with Gasteiger partial charge in [-0.3, -0.25) is 14.4 Å². The van der Waals surface area contributed by atoms with Gasteiger partial charge in [0.05, 0.1) is 24.5 Å². The van der Waals surface area contributed by atoms with E-state index in [0.29, 0.717) is 40.8 Å². The molecule has 1 aromatic heterocycles. The topological polar surface area (TPSA) is 119 Å². The van der Waals surface area contributed by atoms with Crippen LogP contribution in [0, 0.1) is 5.92 Å². The van der Waals surface area contributed by atoms with Crippen molar-refractivity contribution in [3.63, 3.8) is 0 Å². The zero-order chi connectivity index (χ0) is 27.0. The number of fused-ring (bicyclic) bond motifs is 1. The number of carbonyl (C=O) groups is 2. The summed E-state index contributed by atoms with van der Waals surface area (Å²) in [5.41, 5.74) is 8.08. The molecule has 4 N–H and O–H groups in total. The molecule has 9 nitrogen and oxygen atoms in total. The second kappa shape index (κ2) is 12.5. The van der Waals surface area contributed by atoms with Crippen LogP contribution in [0.5, 0.6) is 5.75 Å². The maximum atomic E-state index is 13.3. The second-order valence-corrected chi connectivity index (χ2v) is 9.45. The molecule has 9 heteroatoms. The number of nitrogens with zero attached hydrogens (tertiary/aromatic N) is 1. The van der Waals surface area contributed by atoms with Crippen LogP contribution in [0.25, 0.3) is 11.0 Å². The van der Waals surface area contributed by atoms with Crippen LogP contribution >= 0.6 is 0 Å². The van der Waals surface area contributed by atoms with Gasteiger partial charge in [0, 0.05) is 10.9 Å². The smallest absolute Gasteiger partial charge is 0.313 e. The summed E-state index contributed by atoms with van der Waals surface area (Å²) in [7, 11) is 0. The molecule has 3 aromatic carbocycles. The van der Waals surface area contributed by atoms with Gasteiger partial charge in [-0.15, -0.1) is 0 Å². The Morgan fingerprint density at radius 1 is 1.03 bits per heavy atom. The fourth-order valence-corrected chi connectivity index (χ4v) is 4.48. The van der Waals surface area contributed by atoms with Crippen LogP contribution in [0.15, 0.2) is 83.3 Å². The summed E-state index contributed by atoms with van der Waals surface area (Å²) in [5.74, 6) is 0.699. The van der Waals surface area contributed by atoms with Gasteiger partial charge in [0.2, 0.25) is 0 Å². The van der Waals surface area contributed by atoms with Crippen molar-refractivity contribution in [1.82, 2.24) is 10.4 Å². The monoisotopic (exact) mass is 528 g/mol. The molecule has 1 aliphatic heterocycles. The average Bonchev–Trinajstić information content (AvgIpc) is 3.63. The van der Waals surface area contributed by atoms with Crippen molar-refractivity contribution in [2.45, 2.75) is 12.8 Å². The van der Waals surface area contributed by atoms with Crippen LogP contribution in [0.4, 0.5) is 11.4 Å². The molecule has 1 fully saturated rings. The summed E-state index contributed by atoms with van der Waals surface area (Å²) in [5, 5.41) is 8.32. The van der Waals surface area contributed by atoms with Crippen molar-refractivity contribution in [3.05, 3.63) is 90.2 Å². The number of hydroxylamine groups is 2. The van der Waals surface area contributed by atoms with Gasteiger partial charge in [-0.2, -0.15) is 0 Å². The summed E-state index contributed by atoms with van der Waals surface area (Å²) in [6, 6.07) is 23.1.